The maximum absolute atomic E-state index is 13.1. The van der Waals surface area contributed by atoms with E-state index in [9.17, 15) is 34.8 Å². The first kappa shape index (κ1) is 23.5. The second-order valence-corrected chi connectivity index (χ2v) is 9.23. The van der Waals surface area contributed by atoms with Crippen LogP contribution in [0.15, 0.2) is 48.5 Å². The van der Waals surface area contributed by atoms with Gasteiger partial charge in [0.15, 0.2) is 11.6 Å². The zero-order valence-corrected chi connectivity index (χ0v) is 19.2. The van der Waals surface area contributed by atoms with E-state index in [1.54, 1.807) is 36.4 Å². The van der Waals surface area contributed by atoms with Crippen molar-refractivity contribution in [2.45, 2.75) is 31.5 Å². The number of phenolic OH excluding ortho intramolecular Hbond substituents is 2. The number of ketones is 2. The summed E-state index contributed by atoms with van der Waals surface area (Å²) in [6.07, 6.45) is -3.02. The fourth-order valence-corrected chi connectivity index (χ4v) is 4.89. The first-order chi connectivity index (χ1) is 17.1. The molecule has 5 N–H and O–H groups in total. The van der Waals surface area contributed by atoms with Crippen molar-refractivity contribution in [1.29, 1.82) is 0 Å². The van der Waals surface area contributed by atoms with Gasteiger partial charge in [-0.25, -0.2) is 4.79 Å². The first-order valence-electron chi connectivity index (χ1n) is 11.3. The number of rotatable bonds is 3. The molecule has 2 atom stereocenters. The highest BCUT2D eigenvalue weighted by Gasteiger charge is 2.45. The number of ether oxygens (including phenoxy) is 1. The molecule has 2 aliphatic carbocycles. The van der Waals surface area contributed by atoms with Gasteiger partial charge in [0.25, 0.3) is 0 Å². The van der Waals surface area contributed by atoms with Crippen molar-refractivity contribution in [3.05, 3.63) is 87.5 Å². The molecule has 0 radical (unpaired) electrons. The number of aliphatic hydroxyl groups excluding tert-OH is 1. The van der Waals surface area contributed by atoms with Crippen LogP contribution >= 0.6 is 0 Å². The lowest BCUT2D eigenvalue weighted by atomic mass is 9.73. The number of carbonyl (C=O) groups is 3. The smallest absolute Gasteiger partial charge is 0.411 e. The third-order valence-electron chi connectivity index (χ3n) is 6.64. The number of aromatic hydroxyl groups is 2. The molecule has 1 amide bonds. The minimum atomic E-state index is -1.81. The molecular formula is C27H23NO8. The fraction of sp³-hybridized carbons (Fsp3) is 0.222. The Morgan fingerprint density at radius 2 is 1.58 bits per heavy atom. The number of hydrogen-bond acceptors (Lipinski definition) is 8. The largest absolute Gasteiger partial charge is 0.507 e. The van der Waals surface area contributed by atoms with E-state index in [1.165, 1.54) is 12.1 Å². The predicted octanol–water partition coefficient (Wildman–Crippen LogP) is 3.14. The van der Waals surface area contributed by atoms with Crippen LogP contribution in [0, 0.1) is 6.92 Å². The Kier molecular flexibility index (Phi) is 5.54. The van der Waals surface area contributed by atoms with Crippen molar-refractivity contribution in [1.82, 2.24) is 0 Å². The average Bonchev–Trinajstić information content (AvgIpc) is 2.84. The van der Waals surface area contributed by atoms with Crippen molar-refractivity contribution in [3.8, 4) is 11.5 Å². The summed E-state index contributed by atoms with van der Waals surface area (Å²) in [6.45, 7) is 1.37. The van der Waals surface area contributed by atoms with Gasteiger partial charge in [-0.2, -0.15) is 0 Å². The molecule has 5 rings (SSSR count). The monoisotopic (exact) mass is 489 g/mol. The summed E-state index contributed by atoms with van der Waals surface area (Å²) in [4.78, 5) is 38.5. The summed E-state index contributed by atoms with van der Waals surface area (Å²) in [5.74, 6) is -2.53. The second-order valence-electron chi connectivity index (χ2n) is 9.23. The summed E-state index contributed by atoms with van der Waals surface area (Å²) < 4.78 is 5.17. The van der Waals surface area contributed by atoms with Gasteiger partial charge in [-0.1, -0.05) is 42.0 Å². The Bertz CT molecular complexity index is 1430. The van der Waals surface area contributed by atoms with Gasteiger partial charge in [-0.05, 0) is 19.1 Å². The van der Waals surface area contributed by atoms with Crippen LogP contribution in [0.3, 0.4) is 0 Å². The average molecular weight is 489 g/mol. The highest BCUT2D eigenvalue weighted by atomic mass is 16.6. The molecule has 0 fully saturated rings. The number of amides is 1. The number of aliphatic hydroxyl groups is 2. The lowest BCUT2D eigenvalue weighted by Gasteiger charge is -2.37. The Balaban J connectivity index is 1.44. The van der Waals surface area contributed by atoms with Crippen LogP contribution in [0.5, 0.6) is 11.5 Å². The number of hydrogen-bond donors (Lipinski definition) is 5. The molecule has 0 heterocycles. The number of anilines is 1. The Morgan fingerprint density at radius 3 is 2.19 bits per heavy atom. The van der Waals surface area contributed by atoms with E-state index in [2.05, 4.69) is 5.32 Å². The molecule has 0 saturated carbocycles. The lowest BCUT2D eigenvalue weighted by molar-refractivity contribution is -0.0613. The zero-order valence-electron chi connectivity index (χ0n) is 19.2. The van der Waals surface area contributed by atoms with Crippen LogP contribution < -0.4 is 5.32 Å². The number of phenols is 2. The quantitative estimate of drug-likeness (QED) is 0.275. The van der Waals surface area contributed by atoms with Crippen LogP contribution in [0.2, 0.25) is 0 Å². The zero-order chi connectivity index (χ0) is 25.8. The van der Waals surface area contributed by atoms with Crippen LogP contribution in [-0.4, -0.2) is 50.3 Å². The highest BCUT2D eigenvalue weighted by molar-refractivity contribution is 6.30. The predicted molar refractivity (Wildman–Crippen MR) is 127 cm³/mol. The lowest BCUT2D eigenvalue weighted by Crippen LogP contribution is -2.43. The van der Waals surface area contributed by atoms with Crippen molar-refractivity contribution >= 4 is 23.3 Å². The standard InChI is InChI=1S/C27H23NO8/c1-13-6-8-14(9-7-13)28-26(34)36-12-27(35)10-17-19(18(29)11-27)25(33)21-20(24(17)32)22(30)15-4-2-3-5-16(15)23(21)31/h2-9,18,29,32-33,35H,10-12H2,1H3,(H,28,34)/t18-,27+/m0/s1. The molecule has 3 aromatic carbocycles. The van der Waals surface area contributed by atoms with Gasteiger partial charge in [-0.15, -0.1) is 0 Å². The molecule has 0 spiro atoms. The third-order valence-corrected chi connectivity index (χ3v) is 6.64. The molecule has 184 valence electrons. The summed E-state index contributed by atoms with van der Waals surface area (Å²) in [5, 5.41) is 46.4. The first-order valence-corrected chi connectivity index (χ1v) is 11.3. The van der Waals surface area contributed by atoms with E-state index in [1.807, 2.05) is 6.92 Å². The molecule has 36 heavy (non-hydrogen) atoms. The molecule has 9 heteroatoms. The van der Waals surface area contributed by atoms with Gasteiger partial charge in [0, 0.05) is 40.8 Å². The van der Waals surface area contributed by atoms with Gasteiger partial charge < -0.3 is 25.2 Å². The van der Waals surface area contributed by atoms with Gasteiger partial charge in [0.1, 0.15) is 23.7 Å². The fourth-order valence-electron chi connectivity index (χ4n) is 4.89. The van der Waals surface area contributed by atoms with Crippen LogP contribution in [-0.2, 0) is 11.2 Å². The topological polar surface area (TPSA) is 153 Å². The van der Waals surface area contributed by atoms with E-state index in [0.717, 1.165) is 5.56 Å². The molecule has 0 unspecified atom stereocenters. The van der Waals surface area contributed by atoms with Gasteiger partial charge >= 0.3 is 6.09 Å². The molecule has 0 bridgehead atoms. The Labute approximate surface area is 205 Å². The van der Waals surface area contributed by atoms with Crippen LogP contribution in [0.25, 0.3) is 0 Å². The molecule has 9 nitrogen and oxygen atoms in total. The Morgan fingerprint density at radius 1 is 1.00 bits per heavy atom. The van der Waals surface area contributed by atoms with E-state index in [-0.39, 0.29) is 46.2 Å². The van der Waals surface area contributed by atoms with Gasteiger partial charge in [0.05, 0.1) is 17.2 Å². The number of benzene rings is 3. The minimum Gasteiger partial charge on any atom is -0.507 e. The number of nitrogens with one attached hydrogen (secondary N) is 1. The van der Waals surface area contributed by atoms with Crippen molar-refractivity contribution in [2.75, 3.05) is 11.9 Å². The van der Waals surface area contributed by atoms with Crippen molar-refractivity contribution in [2.24, 2.45) is 0 Å². The maximum Gasteiger partial charge on any atom is 0.411 e. The molecule has 0 saturated heterocycles. The van der Waals surface area contributed by atoms with Crippen LogP contribution in [0.4, 0.5) is 10.5 Å². The van der Waals surface area contributed by atoms with E-state index in [4.69, 9.17) is 4.74 Å². The third kappa shape index (κ3) is 3.78. The molecule has 2 aliphatic rings. The number of carbonyl (C=O) groups excluding carboxylic acids is 3. The molecular weight excluding hydrogens is 466 g/mol. The summed E-state index contributed by atoms with van der Waals surface area (Å²) in [5.41, 5.74) is -1.15. The second kappa shape index (κ2) is 8.47. The molecule has 3 aromatic rings. The molecule has 0 aliphatic heterocycles. The molecule has 0 aromatic heterocycles. The van der Waals surface area contributed by atoms with Crippen molar-refractivity contribution < 1.29 is 39.5 Å². The van der Waals surface area contributed by atoms with E-state index < -0.39 is 47.5 Å². The number of aryl methyl sites for hydroxylation is 1. The Hall–Kier alpha value is -4.21. The number of fused-ring (bicyclic) bond motifs is 3. The van der Waals surface area contributed by atoms with Crippen LogP contribution in [0.1, 0.15) is 61.1 Å². The maximum atomic E-state index is 13.1. The summed E-state index contributed by atoms with van der Waals surface area (Å²) in [6, 6.07) is 13.0. The van der Waals surface area contributed by atoms with E-state index in [0.29, 0.717) is 5.69 Å². The SMILES string of the molecule is Cc1ccc(NC(=O)OC[C@@]2(O)Cc3c(O)c4c(c(O)c3[C@@H](O)C2)C(=O)c2ccccc2C4=O)cc1. The summed E-state index contributed by atoms with van der Waals surface area (Å²) in [7, 11) is 0. The highest BCUT2D eigenvalue weighted by Crippen LogP contribution is 2.50. The van der Waals surface area contributed by atoms with Gasteiger partial charge in [-0.3, -0.25) is 14.9 Å². The van der Waals surface area contributed by atoms with E-state index >= 15 is 0 Å². The normalized spacial score (nSPS) is 20.2. The summed E-state index contributed by atoms with van der Waals surface area (Å²) >= 11 is 0. The minimum absolute atomic E-state index is 0.0763. The van der Waals surface area contributed by atoms with Gasteiger partial charge in [0.2, 0.25) is 0 Å². The van der Waals surface area contributed by atoms with Crippen molar-refractivity contribution in [3.63, 3.8) is 0 Å².